The Hall–Kier alpha value is -1.37. The van der Waals surface area contributed by atoms with Gasteiger partial charge in [0, 0.05) is 0 Å². The lowest BCUT2D eigenvalue weighted by Crippen LogP contribution is -2.47. The van der Waals surface area contributed by atoms with E-state index in [1.165, 1.54) is 13.0 Å². The molecule has 0 aliphatic heterocycles. The van der Waals surface area contributed by atoms with Crippen LogP contribution >= 0.6 is 0 Å². The van der Waals surface area contributed by atoms with Crippen molar-refractivity contribution < 1.29 is 23.1 Å². The van der Waals surface area contributed by atoms with E-state index >= 15 is 0 Å². The lowest BCUT2D eigenvalue weighted by molar-refractivity contribution is -0.142. The number of carbonyl (C=O) groups is 2. The number of sulfone groups is 1. The Bertz CT molecular complexity index is 441. The van der Waals surface area contributed by atoms with E-state index in [9.17, 15) is 18.0 Å². The fourth-order valence-electron chi connectivity index (χ4n) is 1.45. The van der Waals surface area contributed by atoms with Crippen LogP contribution in [0.2, 0.25) is 0 Å². The Morgan fingerprint density at radius 2 is 1.84 bits per heavy atom. The van der Waals surface area contributed by atoms with E-state index in [0.29, 0.717) is 0 Å². The molecule has 0 heterocycles. The number of hydrogen-bond donors (Lipinski definition) is 2. The molecule has 110 valence electrons. The van der Waals surface area contributed by atoms with Crippen LogP contribution < -0.4 is 5.32 Å². The molecule has 0 aromatic heterocycles. The average molecular weight is 291 g/mol. The van der Waals surface area contributed by atoms with Crippen LogP contribution in [-0.2, 0) is 19.4 Å². The fraction of sp³-hybridized carbons (Fsp3) is 0.667. The molecule has 2 atom stereocenters. The molecule has 2 unspecified atom stereocenters. The van der Waals surface area contributed by atoms with Crippen molar-refractivity contribution >= 4 is 21.7 Å². The van der Waals surface area contributed by atoms with Crippen molar-refractivity contribution in [1.82, 2.24) is 5.32 Å². The van der Waals surface area contributed by atoms with Crippen LogP contribution in [-0.4, -0.2) is 42.4 Å². The maximum Gasteiger partial charge on any atom is 0.326 e. The zero-order chi connectivity index (χ0) is 15.2. The number of hydrogen-bond acceptors (Lipinski definition) is 4. The van der Waals surface area contributed by atoms with Gasteiger partial charge in [-0.3, -0.25) is 4.79 Å². The highest BCUT2D eigenvalue weighted by atomic mass is 32.2. The van der Waals surface area contributed by atoms with E-state index in [-0.39, 0.29) is 18.1 Å². The molecule has 0 aromatic rings. The molecule has 0 saturated carbocycles. The highest BCUT2D eigenvalue weighted by Gasteiger charge is 2.30. The summed E-state index contributed by atoms with van der Waals surface area (Å²) in [5, 5.41) is 9.95. The van der Waals surface area contributed by atoms with Gasteiger partial charge in [0.2, 0.25) is 5.91 Å². The molecule has 0 aromatic carbocycles. The molecule has 0 rings (SSSR count). The Morgan fingerprint density at radius 3 is 2.21 bits per heavy atom. The van der Waals surface area contributed by atoms with Gasteiger partial charge in [0.25, 0.3) is 0 Å². The van der Waals surface area contributed by atoms with E-state index in [4.69, 9.17) is 5.11 Å². The Morgan fingerprint density at radius 1 is 1.32 bits per heavy atom. The highest BCUT2D eigenvalue weighted by molar-refractivity contribution is 7.92. The van der Waals surface area contributed by atoms with E-state index in [0.717, 1.165) is 0 Å². The molecule has 0 saturated heterocycles. The smallest absolute Gasteiger partial charge is 0.326 e. The zero-order valence-corrected chi connectivity index (χ0v) is 12.2. The third-order valence-corrected chi connectivity index (χ3v) is 4.57. The van der Waals surface area contributed by atoms with E-state index in [1.807, 2.05) is 13.8 Å². The largest absolute Gasteiger partial charge is 0.480 e. The van der Waals surface area contributed by atoms with Crippen molar-refractivity contribution in [2.45, 2.75) is 38.5 Å². The first-order valence-electron chi connectivity index (χ1n) is 5.97. The Balaban J connectivity index is 4.82. The first-order chi connectivity index (χ1) is 8.61. The minimum atomic E-state index is -3.63. The summed E-state index contributed by atoms with van der Waals surface area (Å²) in [5.41, 5.74) is 0. The molecule has 2 N–H and O–H groups in total. The number of carbonyl (C=O) groups excluding carboxylic acids is 1. The Labute approximate surface area is 113 Å². The lowest BCUT2D eigenvalue weighted by atomic mass is 10.0. The van der Waals surface area contributed by atoms with Gasteiger partial charge < -0.3 is 10.4 Å². The van der Waals surface area contributed by atoms with E-state index < -0.39 is 33.0 Å². The predicted molar refractivity (Wildman–Crippen MR) is 72.5 cm³/mol. The molecule has 0 aliphatic carbocycles. The first-order valence-corrected chi connectivity index (χ1v) is 7.69. The normalized spacial score (nSPS) is 14.7. The average Bonchev–Trinajstić information content (AvgIpc) is 2.26. The summed E-state index contributed by atoms with van der Waals surface area (Å²) in [7, 11) is -3.63. The van der Waals surface area contributed by atoms with Crippen molar-refractivity contribution in [3.8, 4) is 0 Å². The van der Waals surface area contributed by atoms with E-state index in [1.54, 1.807) is 0 Å². The number of amides is 1. The Kier molecular flexibility index (Phi) is 6.75. The summed E-state index contributed by atoms with van der Waals surface area (Å²) in [5.74, 6) is -2.21. The summed E-state index contributed by atoms with van der Waals surface area (Å²) in [4.78, 5) is 22.8. The molecule has 0 bridgehead atoms. The summed E-state index contributed by atoms with van der Waals surface area (Å²) < 4.78 is 23.3. The molecule has 0 aliphatic rings. The topological polar surface area (TPSA) is 101 Å². The fourth-order valence-corrected chi connectivity index (χ4v) is 2.47. The second kappa shape index (κ2) is 7.28. The maximum atomic E-state index is 11.8. The van der Waals surface area contributed by atoms with Gasteiger partial charge in [-0.2, -0.15) is 0 Å². The maximum absolute atomic E-state index is 11.8. The van der Waals surface area contributed by atoms with Crippen LogP contribution in [0.1, 0.15) is 27.2 Å². The first kappa shape index (κ1) is 17.6. The van der Waals surface area contributed by atoms with Gasteiger partial charge in [0.15, 0.2) is 9.84 Å². The summed E-state index contributed by atoms with van der Waals surface area (Å²) in [6.45, 7) is 8.19. The highest BCUT2D eigenvalue weighted by Crippen LogP contribution is 2.08. The molecule has 19 heavy (non-hydrogen) atoms. The van der Waals surface area contributed by atoms with Crippen molar-refractivity contribution in [1.29, 1.82) is 0 Å². The van der Waals surface area contributed by atoms with E-state index in [2.05, 4.69) is 11.9 Å². The molecule has 0 radical (unpaired) electrons. The molecule has 7 heteroatoms. The van der Waals surface area contributed by atoms with Crippen LogP contribution in [0.4, 0.5) is 0 Å². The van der Waals surface area contributed by atoms with Crippen LogP contribution in [0.3, 0.4) is 0 Å². The molecule has 0 spiro atoms. The molecular formula is C12H21NO5S. The molecule has 1 amide bonds. The van der Waals surface area contributed by atoms with Gasteiger partial charge in [-0.1, -0.05) is 19.9 Å². The van der Waals surface area contributed by atoms with Gasteiger partial charge in [0.1, 0.15) is 11.3 Å². The summed E-state index contributed by atoms with van der Waals surface area (Å²) in [6, 6.07) is -1.08. The van der Waals surface area contributed by atoms with Crippen LogP contribution in [0.5, 0.6) is 0 Å². The van der Waals surface area contributed by atoms with Crippen molar-refractivity contribution in [3.05, 3.63) is 12.7 Å². The molecular weight excluding hydrogens is 270 g/mol. The lowest BCUT2D eigenvalue weighted by Gasteiger charge is -2.19. The molecule has 0 fully saturated rings. The second-order valence-electron chi connectivity index (χ2n) is 4.79. The van der Waals surface area contributed by atoms with Crippen molar-refractivity contribution in [3.63, 3.8) is 0 Å². The predicted octanol–water partition coefficient (Wildman–Crippen LogP) is 0.591. The standard InChI is InChI=1S/C12H21NO5S/c1-5-6-19(17,18)9(4)11(14)13-10(12(15)16)7-8(2)3/h5,8-10H,1,6-7H2,2-4H3,(H,13,14)(H,15,16). The van der Waals surface area contributed by atoms with Crippen molar-refractivity contribution in [2.75, 3.05) is 5.75 Å². The number of nitrogens with one attached hydrogen (secondary N) is 1. The number of carboxylic acid groups (broad SMARTS) is 1. The number of aliphatic carboxylic acids is 1. The third kappa shape index (κ3) is 5.87. The summed E-state index contributed by atoms with van der Waals surface area (Å²) >= 11 is 0. The van der Waals surface area contributed by atoms with Crippen molar-refractivity contribution in [2.24, 2.45) is 5.92 Å². The minimum Gasteiger partial charge on any atom is -0.480 e. The van der Waals surface area contributed by atoms with Gasteiger partial charge in [-0.25, -0.2) is 13.2 Å². The monoisotopic (exact) mass is 291 g/mol. The van der Waals surface area contributed by atoms with Gasteiger partial charge >= 0.3 is 5.97 Å². The number of rotatable bonds is 8. The van der Waals surface area contributed by atoms with Crippen LogP contribution in [0.25, 0.3) is 0 Å². The summed E-state index contributed by atoms with van der Waals surface area (Å²) in [6.07, 6.45) is 1.44. The zero-order valence-electron chi connectivity index (χ0n) is 11.4. The third-order valence-electron chi connectivity index (χ3n) is 2.58. The SMILES string of the molecule is C=CCS(=O)(=O)C(C)C(=O)NC(CC(C)C)C(=O)O. The van der Waals surface area contributed by atoms with Gasteiger partial charge in [-0.15, -0.1) is 6.58 Å². The minimum absolute atomic E-state index is 0.0708. The number of carboxylic acids is 1. The molecule has 6 nitrogen and oxygen atoms in total. The quantitative estimate of drug-likeness (QED) is 0.637. The van der Waals surface area contributed by atoms with Gasteiger partial charge in [-0.05, 0) is 19.3 Å². The van der Waals surface area contributed by atoms with Gasteiger partial charge in [0.05, 0.1) is 5.75 Å². The van der Waals surface area contributed by atoms with Crippen LogP contribution in [0, 0.1) is 5.92 Å². The second-order valence-corrected chi connectivity index (χ2v) is 7.16. The van der Waals surface area contributed by atoms with Crippen LogP contribution in [0.15, 0.2) is 12.7 Å².